The molecule has 1 fully saturated rings. The molecular weight excluding hydrogens is 356 g/mol. The molecule has 0 aromatic heterocycles. The van der Waals surface area contributed by atoms with E-state index in [1.54, 1.807) is 23.1 Å². The first kappa shape index (κ1) is 18.4. The lowest BCUT2D eigenvalue weighted by Crippen LogP contribution is -2.45. The maximum atomic E-state index is 14.1. The molecule has 0 bridgehead atoms. The van der Waals surface area contributed by atoms with Crippen molar-refractivity contribution in [2.24, 2.45) is 0 Å². The van der Waals surface area contributed by atoms with Crippen LogP contribution >= 0.6 is 0 Å². The number of rotatable bonds is 3. The number of hydrogen-bond acceptors (Lipinski definition) is 1. The van der Waals surface area contributed by atoms with Gasteiger partial charge in [0.05, 0.1) is 0 Å². The fraction of sp³-hybridized carbons (Fsp3) is 0.208. The largest absolute Gasteiger partial charge is 0.312 e. The van der Waals surface area contributed by atoms with Crippen molar-refractivity contribution in [2.45, 2.75) is 25.2 Å². The van der Waals surface area contributed by atoms with Crippen LogP contribution in [0.15, 0.2) is 72.8 Å². The highest BCUT2D eigenvalue weighted by molar-refractivity contribution is 5.95. The Hall–Kier alpha value is -3.01. The molecule has 0 saturated carbocycles. The second-order valence-electron chi connectivity index (χ2n) is 7.57. The summed E-state index contributed by atoms with van der Waals surface area (Å²) in [5.41, 5.74) is 2.43. The van der Waals surface area contributed by atoms with Gasteiger partial charge in [-0.2, -0.15) is 0 Å². The van der Waals surface area contributed by atoms with Crippen LogP contribution in [0.2, 0.25) is 0 Å². The maximum absolute atomic E-state index is 14.1. The van der Waals surface area contributed by atoms with Gasteiger partial charge in [0.25, 0.3) is 0 Å². The molecule has 0 aliphatic carbocycles. The Morgan fingerprint density at radius 2 is 1.71 bits per heavy atom. The molecule has 3 aromatic carbocycles. The molecule has 1 amide bonds. The van der Waals surface area contributed by atoms with Crippen LogP contribution in [-0.2, 0) is 10.2 Å². The summed E-state index contributed by atoms with van der Waals surface area (Å²) in [5, 5.41) is 0. The fourth-order valence-electron chi connectivity index (χ4n) is 3.92. The van der Waals surface area contributed by atoms with Crippen LogP contribution in [0.5, 0.6) is 0 Å². The molecule has 0 N–H and O–H groups in total. The number of hydrogen-bond donors (Lipinski definition) is 0. The van der Waals surface area contributed by atoms with Crippen LogP contribution in [0, 0.1) is 11.6 Å². The Balaban J connectivity index is 1.61. The summed E-state index contributed by atoms with van der Waals surface area (Å²) in [6.45, 7) is 2.70. The van der Waals surface area contributed by atoms with E-state index in [0.717, 1.165) is 18.6 Å². The minimum Gasteiger partial charge on any atom is -0.312 e. The van der Waals surface area contributed by atoms with Gasteiger partial charge in [-0.25, -0.2) is 8.78 Å². The zero-order valence-electron chi connectivity index (χ0n) is 15.7. The molecule has 1 aliphatic rings. The number of piperidine rings is 1. The van der Waals surface area contributed by atoms with Crippen LogP contribution in [0.25, 0.3) is 11.1 Å². The second kappa shape index (κ2) is 7.19. The van der Waals surface area contributed by atoms with Gasteiger partial charge >= 0.3 is 0 Å². The molecule has 1 saturated heterocycles. The van der Waals surface area contributed by atoms with Crippen molar-refractivity contribution in [1.82, 2.24) is 0 Å². The van der Waals surface area contributed by atoms with Crippen LogP contribution in [-0.4, -0.2) is 12.5 Å². The normalized spacial score (nSPS) is 19.7. The molecule has 142 valence electrons. The minimum absolute atomic E-state index is 0.0365. The van der Waals surface area contributed by atoms with Gasteiger partial charge in [0.2, 0.25) is 5.91 Å². The SMILES string of the molecule is CC1(c2ccccc2)CCN(c2cccc(-c3cc(F)ccc3F)c2)C(=O)C1. The Morgan fingerprint density at radius 3 is 2.46 bits per heavy atom. The summed E-state index contributed by atoms with van der Waals surface area (Å²) >= 11 is 0. The van der Waals surface area contributed by atoms with Gasteiger partial charge in [0, 0.05) is 29.6 Å². The maximum Gasteiger partial charge on any atom is 0.227 e. The third-order valence-electron chi connectivity index (χ3n) is 5.60. The van der Waals surface area contributed by atoms with Crippen molar-refractivity contribution < 1.29 is 13.6 Å². The van der Waals surface area contributed by atoms with E-state index in [9.17, 15) is 13.6 Å². The van der Waals surface area contributed by atoms with Crippen molar-refractivity contribution >= 4 is 11.6 Å². The standard InChI is InChI=1S/C24H21F2NO/c1-24(18-7-3-2-4-8-18)12-13-27(23(28)16-24)20-9-5-6-17(14-20)21-15-19(25)10-11-22(21)26/h2-11,14-15H,12-13,16H2,1H3. The Labute approximate surface area is 163 Å². The van der Waals surface area contributed by atoms with Gasteiger partial charge < -0.3 is 4.90 Å². The summed E-state index contributed by atoms with van der Waals surface area (Å²) in [7, 11) is 0. The van der Waals surface area contributed by atoms with E-state index < -0.39 is 11.6 Å². The van der Waals surface area contributed by atoms with Crippen molar-refractivity contribution in [1.29, 1.82) is 0 Å². The van der Waals surface area contributed by atoms with Gasteiger partial charge in [-0.3, -0.25) is 4.79 Å². The minimum atomic E-state index is -0.491. The monoisotopic (exact) mass is 377 g/mol. The van der Waals surface area contributed by atoms with E-state index in [1.165, 1.54) is 11.6 Å². The van der Waals surface area contributed by atoms with Crippen molar-refractivity contribution in [3.05, 3.63) is 90.0 Å². The number of carbonyl (C=O) groups is 1. The Kier molecular flexibility index (Phi) is 4.71. The van der Waals surface area contributed by atoms with E-state index in [0.29, 0.717) is 24.2 Å². The number of nitrogens with zero attached hydrogens (tertiary/aromatic N) is 1. The summed E-state index contributed by atoms with van der Waals surface area (Å²) in [6, 6.07) is 20.6. The zero-order chi connectivity index (χ0) is 19.7. The van der Waals surface area contributed by atoms with E-state index in [1.807, 2.05) is 24.3 Å². The lowest BCUT2D eigenvalue weighted by molar-refractivity contribution is -0.121. The molecule has 1 unspecified atom stereocenters. The first-order valence-electron chi connectivity index (χ1n) is 9.38. The van der Waals surface area contributed by atoms with Gasteiger partial charge in [-0.15, -0.1) is 0 Å². The molecule has 0 spiro atoms. The number of anilines is 1. The zero-order valence-corrected chi connectivity index (χ0v) is 15.7. The van der Waals surface area contributed by atoms with Crippen LogP contribution in [0.1, 0.15) is 25.3 Å². The molecule has 4 rings (SSSR count). The lowest BCUT2D eigenvalue weighted by Gasteiger charge is -2.39. The highest BCUT2D eigenvalue weighted by Gasteiger charge is 2.37. The summed E-state index contributed by atoms with van der Waals surface area (Å²) in [4.78, 5) is 14.7. The Morgan fingerprint density at radius 1 is 0.929 bits per heavy atom. The Bertz CT molecular complexity index is 1020. The number of halogens is 2. The first-order chi connectivity index (χ1) is 13.5. The van der Waals surface area contributed by atoms with Crippen LogP contribution in [0.4, 0.5) is 14.5 Å². The summed E-state index contributed by atoms with van der Waals surface area (Å²) in [5.74, 6) is -0.941. The molecule has 3 aromatic rings. The summed E-state index contributed by atoms with van der Waals surface area (Å²) < 4.78 is 27.7. The fourth-order valence-corrected chi connectivity index (χ4v) is 3.92. The quantitative estimate of drug-likeness (QED) is 0.572. The van der Waals surface area contributed by atoms with Crippen LogP contribution in [0.3, 0.4) is 0 Å². The smallest absolute Gasteiger partial charge is 0.227 e. The molecule has 0 radical (unpaired) electrons. The lowest BCUT2D eigenvalue weighted by atomic mass is 9.74. The van der Waals surface area contributed by atoms with E-state index >= 15 is 0 Å². The molecule has 1 heterocycles. The van der Waals surface area contributed by atoms with E-state index in [4.69, 9.17) is 0 Å². The third kappa shape index (κ3) is 3.42. The highest BCUT2D eigenvalue weighted by atomic mass is 19.1. The van der Waals surface area contributed by atoms with Gasteiger partial charge in [0.1, 0.15) is 11.6 Å². The predicted molar refractivity (Wildman–Crippen MR) is 107 cm³/mol. The average Bonchev–Trinajstić information content (AvgIpc) is 2.71. The molecule has 1 aliphatic heterocycles. The first-order valence-corrected chi connectivity index (χ1v) is 9.38. The second-order valence-corrected chi connectivity index (χ2v) is 7.57. The van der Waals surface area contributed by atoms with Crippen LogP contribution < -0.4 is 4.90 Å². The molecule has 2 nitrogen and oxygen atoms in total. The van der Waals surface area contributed by atoms with E-state index in [-0.39, 0.29) is 16.9 Å². The highest BCUT2D eigenvalue weighted by Crippen LogP contribution is 2.38. The van der Waals surface area contributed by atoms with Crippen molar-refractivity contribution in [3.8, 4) is 11.1 Å². The van der Waals surface area contributed by atoms with E-state index in [2.05, 4.69) is 19.1 Å². The third-order valence-corrected chi connectivity index (χ3v) is 5.60. The molecule has 4 heteroatoms. The molecule has 1 atom stereocenters. The van der Waals surface area contributed by atoms with Gasteiger partial charge in [0.15, 0.2) is 0 Å². The summed E-state index contributed by atoms with van der Waals surface area (Å²) in [6.07, 6.45) is 1.25. The number of carbonyl (C=O) groups excluding carboxylic acids is 1. The average molecular weight is 377 g/mol. The van der Waals surface area contributed by atoms with Crippen molar-refractivity contribution in [2.75, 3.05) is 11.4 Å². The number of benzene rings is 3. The molecule has 28 heavy (non-hydrogen) atoms. The van der Waals surface area contributed by atoms with Crippen molar-refractivity contribution in [3.63, 3.8) is 0 Å². The predicted octanol–water partition coefficient (Wildman–Crippen LogP) is 5.72. The topological polar surface area (TPSA) is 20.3 Å². The molecular formula is C24H21F2NO. The van der Waals surface area contributed by atoms with Gasteiger partial charge in [-0.1, -0.05) is 49.4 Å². The number of amides is 1. The van der Waals surface area contributed by atoms with Gasteiger partial charge in [-0.05, 0) is 47.9 Å².